The monoisotopic (exact) mass is 330 g/mol. The van der Waals surface area contributed by atoms with Crippen LogP contribution in [0.5, 0.6) is 0 Å². The Morgan fingerprint density at radius 2 is 2.22 bits per heavy atom. The van der Waals surface area contributed by atoms with Crippen molar-refractivity contribution in [2.75, 3.05) is 12.3 Å². The highest BCUT2D eigenvalue weighted by Gasteiger charge is 2.22. The summed E-state index contributed by atoms with van der Waals surface area (Å²) in [5.74, 6) is 0.0476. The minimum absolute atomic E-state index is 0.144. The predicted molar refractivity (Wildman–Crippen MR) is 79.9 cm³/mol. The molecule has 0 aliphatic carbocycles. The van der Waals surface area contributed by atoms with Crippen molar-refractivity contribution in [3.63, 3.8) is 0 Å². The average molecular weight is 330 g/mol. The maximum atomic E-state index is 12.0. The average Bonchev–Trinajstić information content (AvgIpc) is 3.18. The summed E-state index contributed by atoms with van der Waals surface area (Å²) >= 11 is 1.33. The van der Waals surface area contributed by atoms with Gasteiger partial charge in [0, 0.05) is 12.3 Å². The SMILES string of the molecule is N#Cc1cccc(-n2c(-c3nonc3SCCN)noc2=O)c1. The van der Waals surface area contributed by atoms with Crippen LogP contribution in [-0.4, -0.2) is 32.3 Å². The number of nitriles is 1. The summed E-state index contributed by atoms with van der Waals surface area (Å²) in [5.41, 5.74) is 6.58. The fraction of sp³-hybridized carbons (Fsp3) is 0.154. The molecule has 2 aromatic heterocycles. The molecule has 3 rings (SSSR count). The number of rotatable bonds is 5. The van der Waals surface area contributed by atoms with E-state index in [2.05, 4.69) is 15.5 Å². The van der Waals surface area contributed by atoms with E-state index in [0.29, 0.717) is 28.6 Å². The third-order valence-electron chi connectivity index (χ3n) is 2.86. The Hall–Kier alpha value is -2.90. The molecule has 2 N–H and O–H groups in total. The van der Waals surface area contributed by atoms with E-state index in [1.807, 2.05) is 6.07 Å². The minimum atomic E-state index is -0.701. The smallest absolute Gasteiger partial charge is 0.330 e. The lowest BCUT2D eigenvalue weighted by Gasteiger charge is -2.03. The van der Waals surface area contributed by atoms with Crippen molar-refractivity contribution >= 4 is 11.8 Å². The molecular weight excluding hydrogens is 320 g/mol. The van der Waals surface area contributed by atoms with Crippen LogP contribution in [0.1, 0.15) is 5.56 Å². The van der Waals surface area contributed by atoms with E-state index >= 15 is 0 Å². The molecule has 10 heteroatoms. The fourth-order valence-corrected chi connectivity index (χ4v) is 2.57. The first-order valence-electron chi connectivity index (χ1n) is 6.49. The fourth-order valence-electron chi connectivity index (χ4n) is 1.91. The van der Waals surface area contributed by atoms with Gasteiger partial charge in [-0.05, 0) is 28.5 Å². The molecule has 0 aliphatic rings. The van der Waals surface area contributed by atoms with Crippen molar-refractivity contribution in [1.29, 1.82) is 5.26 Å². The van der Waals surface area contributed by atoms with Gasteiger partial charge in [-0.3, -0.25) is 4.52 Å². The Morgan fingerprint density at radius 1 is 1.35 bits per heavy atom. The maximum absolute atomic E-state index is 12.0. The Balaban J connectivity index is 2.11. The van der Waals surface area contributed by atoms with Gasteiger partial charge in [0.1, 0.15) is 0 Å². The molecule has 0 fully saturated rings. The van der Waals surface area contributed by atoms with Crippen molar-refractivity contribution in [1.82, 2.24) is 20.0 Å². The molecule has 0 radical (unpaired) electrons. The highest BCUT2D eigenvalue weighted by molar-refractivity contribution is 7.99. The van der Waals surface area contributed by atoms with Crippen molar-refractivity contribution in [3.8, 4) is 23.3 Å². The Bertz CT molecular complexity index is 922. The number of nitrogens with two attached hydrogens (primary N) is 1. The molecule has 0 atom stereocenters. The molecule has 9 nitrogen and oxygen atoms in total. The van der Waals surface area contributed by atoms with E-state index in [1.54, 1.807) is 24.3 Å². The van der Waals surface area contributed by atoms with Crippen LogP contribution in [0.4, 0.5) is 0 Å². The van der Waals surface area contributed by atoms with Crippen LogP contribution in [0.3, 0.4) is 0 Å². The molecule has 116 valence electrons. The van der Waals surface area contributed by atoms with Crippen molar-refractivity contribution < 1.29 is 9.15 Å². The summed E-state index contributed by atoms with van der Waals surface area (Å²) in [6, 6.07) is 8.49. The molecule has 1 aromatic carbocycles. The first-order valence-corrected chi connectivity index (χ1v) is 7.48. The number of hydrogen-bond acceptors (Lipinski definition) is 9. The maximum Gasteiger partial charge on any atom is 0.446 e. The topological polar surface area (TPSA) is 137 Å². The van der Waals surface area contributed by atoms with Crippen LogP contribution in [0.15, 0.2) is 43.2 Å². The molecule has 0 bridgehead atoms. The van der Waals surface area contributed by atoms with E-state index in [-0.39, 0.29) is 11.5 Å². The summed E-state index contributed by atoms with van der Waals surface area (Å²) in [5, 5.41) is 20.8. The molecule has 0 aliphatic heterocycles. The second-order valence-electron chi connectivity index (χ2n) is 4.32. The van der Waals surface area contributed by atoms with Gasteiger partial charge >= 0.3 is 5.76 Å². The summed E-state index contributed by atoms with van der Waals surface area (Å²) in [4.78, 5) is 12.0. The molecule has 3 aromatic rings. The summed E-state index contributed by atoms with van der Waals surface area (Å²) < 4.78 is 10.7. The van der Waals surface area contributed by atoms with Gasteiger partial charge in [0.15, 0.2) is 10.7 Å². The predicted octanol–water partition coefficient (Wildman–Crippen LogP) is 0.798. The van der Waals surface area contributed by atoms with E-state index < -0.39 is 5.76 Å². The second-order valence-corrected chi connectivity index (χ2v) is 5.41. The van der Waals surface area contributed by atoms with Gasteiger partial charge in [-0.25, -0.2) is 14.0 Å². The number of nitrogens with zero attached hydrogens (tertiary/aromatic N) is 5. The Morgan fingerprint density at radius 3 is 3.00 bits per heavy atom. The summed E-state index contributed by atoms with van der Waals surface area (Å²) in [7, 11) is 0. The second kappa shape index (κ2) is 6.47. The molecule has 0 saturated heterocycles. The van der Waals surface area contributed by atoms with Gasteiger partial charge in [0.2, 0.25) is 5.82 Å². The molecule has 0 spiro atoms. The van der Waals surface area contributed by atoms with Gasteiger partial charge < -0.3 is 5.73 Å². The van der Waals surface area contributed by atoms with Crippen LogP contribution in [0.25, 0.3) is 17.2 Å². The van der Waals surface area contributed by atoms with Gasteiger partial charge in [-0.1, -0.05) is 23.0 Å². The van der Waals surface area contributed by atoms with Crippen LogP contribution in [-0.2, 0) is 0 Å². The standard InChI is InChI=1S/C13H10N6O3S/c14-4-5-23-12-10(16-22-18-12)11-17-21-13(20)19(11)9-3-1-2-8(6-9)7-15/h1-3,6H,4-5,14H2. The third-order valence-corrected chi connectivity index (χ3v) is 3.85. The Labute approximate surface area is 133 Å². The molecule has 23 heavy (non-hydrogen) atoms. The van der Waals surface area contributed by atoms with E-state index in [0.717, 1.165) is 0 Å². The zero-order chi connectivity index (χ0) is 16.2. The first kappa shape index (κ1) is 15.0. The van der Waals surface area contributed by atoms with Gasteiger partial charge in [-0.15, -0.1) is 0 Å². The number of hydrogen-bond donors (Lipinski definition) is 1. The van der Waals surface area contributed by atoms with Crippen molar-refractivity contribution in [2.45, 2.75) is 5.03 Å². The van der Waals surface area contributed by atoms with Crippen LogP contribution >= 0.6 is 11.8 Å². The van der Waals surface area contributed by atoms with E-state index in [1.165, 1.54) is 16.3 Å². The number of benzene rings is 1. The normalized spacial score (nSPS) is 10.6. The first-order chi connectivity index (χ1) is 11.2. The van der Waals surface area contributed by atoms with Crippen LogP contribution < -0.4 is 11.5 Å². The van der Waals surface area contributed by atoms with Crippen molar-refractivity contribution in [2.24, 2.45) is 5.73 Å². The number of thioether (sulfide) groups is 1. The van der Waals surface area contributed by atoms with E-state index in [9.17, 15) is 4.79 Å². The quantitative estimate of drug-likeness (QED) is 0.673. The third kappa shape index (κ3) is 2.87. The zero-order valence-electron chi connectivity index (χ0n) is 11.7. The molecule has 0 amide bonds. The number of aromatic nitrogens is 4. The van der Waals surface area contributed by atoms with Crippen molar-refractivity contribution in [3.05, 3.63) is 40.4 Å². The molecular formula is C13H10N6O3S. The largest absolute Gasteiger partial charge is 0.446 e. The lowest BCUT2D eigenvalue weighted by molar-refractivity contribution is 0.299. The van der Waals surface area contributed by atoms with Crippen LogP contribution in [0.2, 0.25) is 0 Å². The lowest BCUT2D eigenvalue weighted by Crippen LogP contribution is -2.13. The van der Waals surface area contributed by atoms with Gasteiger partial charge in [0.25, 0.3) is 0 Å². The molecule has 0 saturated carbocycles. The Kier molecular flexibility index (Phi) is 4.22. The lowest BCUT2D eigenvalue weighted by atomic mass is 10.2. The molecule has 2 heterocycles. The summed E-state index contributed by atoms with van der Waals surface area (Å²) in [6.45, 7) is 0.451. The molecule has 0 unspecified atom stereocenters. The highest BCUT2D eigenvalue weighted by atomic mass is 32.2. The van der Waals surface area contributed by atoms with Gasteiger partial charge in [-0.2, -0.15) is 5.26 Å². The summed E-state index contributed by atoms with van der Waals surface area (Å²) in [6.07, 6.45) is 0. The van der Waals surface area contributed by atoms with E-state index in [4.69, 9.17) is 20.1 Å². The minimum Gasteiger partial charge on any atom is -0.330 e. The highest BCUT2D eigenvalue weighted by Crippen LogP contribution is 2.27. The zero-order valence-corrected chi connectivity index (χ0v) is 12.5. The van der Waals surface area contributed by atoms with Gasteiger partial charge in [0.05, 0.1) is 17.3 Å². The van der Waals surface area contributed by atoms with Crippen LogP contribution in [0, 0.1) is 11.3 Å².